The number of rotatable bonds is 14. The second kappa shape index (κ2) is 12.8. The maximum absolute atomic E-state index is 10.3. The van der Waals surface area contributed by atoms with Crippen LogP contribution < -0.4 is 21.3 Å². The van der Waals surface area contributed by atoms with Crippen LogP contribution in [0.4, 0.5) is 0 Å². The highest BCUT2D eigenvalue weighted by Gasteiger charge is 2.03. The van der Waals surface area contributed by atoms with Gasteiger partial charge in [0.15, 0.2) is 0 Å². The predicted octanol–water partition coefficient (Wildman–Crippen LogP) is 0.945. The third-order valence-corrected chi connectivity index (χ3v) is 4.09. The second-order valence-corrected chi connectivity index (χ2v) is 6.45. The van der Waals surface area contributed by atoms with Gasteiger partial charge in [0.05, 0.1) is 6.42 Å². The summed E-state index contributed by atoms with van der Waals surface area (Å²) in [5, 5.41) is 21.8. The van der Waals surface area contributed by atoms with Crippen LogP contribution in [0, 0.1) is 20.8 Å². The molecule has 0 spiro atoms. The summed E-state index contributed by atoms with van der Waals surface area (Å²) in [5.41, 5.74) is 5.45. The number of carboxylic acid groups (broad SMARTS) is 1. The highest BCUT2D eigenvalue weighted by Crippen LogP contribution is 2.15. The summed E-state index contributed by atoms with van der Waals surface area (Å²) in [4.78, 5) is 10.3. The van der Waals surface area contributed by atoms with Crippen LogP contribution in [0.1, 0.15) is 28.7 Å². The molecule has 6 nitrogen and oxygen atoms in total. The van der Waals surface area contributed by atoms with E-state index in [1.807, 2.05) is 0 Å². The number of hydrogen-bond acceptors (Lipinski definition) is 5. The van der Waals surface area contributed by atoms with Gasteiger partial charge in [-0.15, -0.1) is 0 Å². The first kappa shape index (κ1) is 21.6. The van der Waals surface area contributed by atoms with E-state index in [2.05, 4.69) is 54.2 Å². The van der Waals surface area contributed by atoms with Crippen molar-refractivity contribution in [2.45, 2.75) is 33.7 Å². The second-order valence-electron chi connectivity index (χ2n) is 6.45. The van der Waals surface area contributed by atoms with Crippen LogP contribution in [0.15, 0.2) is 12.1 Å². The van der Waals surface area contributed by atoms with E-state index in [0.29, 0.717) is 6.54 Å². The van der Waals surface area contributed by atoms with Crippen LogP contribution in [-0.4, -0.2) is 56.9 Å². The molecule has 0 bridgehead atoms. The van der Waals surface area contributed by atoms with Gasteiger partial charge >= 0.3 is 5.97 Å². The van der Waals surface area contributed by atoms with Crippen LogP contribution >= 0.6 is 0 Å². The van der Waals surface area contributed by atoms with Crippen LogP contribution in [0.25, 0.3) is 0 Å². The molecule has 0 aliphatic carbocycles. The summed E-state index contributed by atoms with van der Waals surface area (Å²) in [7, 11) is 0. The summed E-state index contributed by atoms with van der Waals surface area (Å²) < 4.78 is 0. The molecule has 0 aromatic heterocycles. The molecular formula is C19H34N4O2. The van der Waals surface area contributed by atoms with Crippen molar-refractivity contribution in [3.8, 4) is 0 Å². The quantitative estimate of drug-likeness (QED) is 0.321. The molecule has 0 amide bonds. The van der Waals surface area contributed by atoms with Gasteiger partial charge < -0.3 is 26.4 Å². The molecule has 0 saturated heterocycles. The molecule has 0 unspecified atom stereocenters. The van der Waals surface area contributed by atoms with Crippen molar-refractivity contribution >= 4 is 5.97 Å². The first-order valence-electron chi connectivity index (χ1n) is 9.12. The van der Waals surface area contributed by atoms with E-state index in [1.54, 1.807) is 0 Å². The van der Waals surface area contributed by atoms with E-state index < -0.39 is 5.97 Å². The fourth-order valence-corrected chi connectivity index (χ4v) is 2.80. The number of aryl methyl sites for hydroxylation is 3. The largest absolute Gasteiger partial charge is 0.481 e. The van der Waals surface area contributed by atoms with Gasteiger partial charge in [0.2, 0.25) is 0 Å². The Morgan fingerprint density at radius 2 is 1.24 bits per heavy atom. The number of benzene rings is 1. The van der Waals surface area contributed by atoms with Gasteiger partial charge in [-0.05, 0) is 37.5 Å². The van der Waals surface area contributed by atoms with E-state index in [1.165, 1.54) is 22.3 Å². The number of aliphatic carboxylic acids is 1. The SMILES string of the molecule is Cc1cc(C)c(CNCCNCCNCCNCCC(=O)O)c(C)c1. The van der Waals surface area contributed by atoms with Crippen LogP contribution in [0.2, 0.25) is 0 Å². The van der Waals surface area contributed by atoms with Crippen molar-refractivity contribution in [1.82, 2.24) is 21.3 Å². The molecule has 142 valence electrons. The lowest BCUT2D eigenvalue weighted by Gasteiger charge is -2.13. The molecule has 6 heteroatoms. The monoisotopic (exact) mass is 350 g/mol. The van der Waals surface area contributed by atoms with E-state index in [4.69, 9.17) is 5.11 Å². The third-order valence-electron chi connectivity index (χ3n) is 4.09. The molecule has 1 rings (SSSR count). The predicted molar refractivity (Wildman–Crippen MR) is 103 cm³/mol. The van der Waals surface area contributed by atoms with Crippen molar-refractivity contribution in [3.63, 3.8) is 0 Å². The number of carboxylic acids is 1. The van der Waals surface area contributed by atoms with Gasteiger partial charge in [-0.2, -0.15) is 0 Å². The molecule has 0 saturated carbocycles. The highest BCUT2D eigenvalue weighted by molar-refractivity contribution is 5.66. The van der Waals surface area contributed by atoms with E-state index in [9.17, 15) is 4.79 Å². The summed E-state index contributed by atoms with van der Waals surface area (Å²) >= 11 is 0. The first-order valence-corrected chi connectivity index (χ1v) is 9.12. The summed E-state index contributed by atoms with van der Waals surface area (Å²) in [5.74, 6) is -0.758. The van der Waals surface area contributed by atoms with Gasteiger partial charge in [0, 0.05) is 52.4 Å². The van der Waals surface area contributed by atoms with E-state index in [0.717, 1.165) is 45.8 Å². The minimum atomic E-state index is -0.758. The van der Waals surface area contributed by atoms with Crippen molar-refractivity contribution in [1.29, 1.82) is 0 Å². The van der Waals surface area contributed by atoms with Crippen LogP contribution in [0.5, 0.6) is 0 Å². The Morgan fingerprint density at radius 3 is 1.72 bits per heavy atom. The molecule has 0 fully saturated rings. The Labute approximate surface area is 151 Å². The molecule has 0 heterocycles. The standard InChI is InChI=1S/C19H34N4O2/c1-15-12-16(2)18(17(3)13-15)14-23-11-10-22-9-8-21-7-6-20-5-4-19(24)25/h12-13,20-23H,4-11,14H2,1-3H3,(H,24,25). The highest BCUT2D eigenvalue weighted by atomic mass is 16.4. The van der Waals surface area contributed by atoms with E-state index in [-0.39, 0.29) is 6.42 Å². The zero-order chi connectivity index (χ0) is 18.5. The normalized spacial score (nSPS) is 11.0. The third kappa shape index (κ3) is 10.2. The molecule has 0 radical (unpaired) electrons. The summed E-state index contributed by atoms with van der Waals surface area (Å²) in [6.07, 6.45) is 0.177. The Morgan fingerprint density at radius 1 is 0.800 bits per heavy atom. The number of hydrogen-bond donors (Lipinski definition) is 5. The molecule has 1 aromatic rings. The fourth-order valence-electron chi connectivity index (χ4n) is 2.80. The van der Waals surface area contributed by atoms with Gasteiger partial charge in [-0.25, -0.2) is 0 Å². The van der Waals surface area contributed by atoms with Gasteiger partial charge in [0.1, 0.15) is 0 Å². The Bertz CT molecular complexity index is 497. The van der Waals surface area contributed by atoms with Gasteiger partial charge in [-0.3, -0.25) is 4.79 Å². The average molecular weight is 351 g/mol. The Hall–Kier alpha value is -1.47. The smallest absolute Gasteiger partial charge is 0.304 e. The summed E-state index contributed by atoms with van der Waals surface area (Å²) in [6, 6.07) is 4.48. The molecule has 25 heavy (non-hydrogen) atoms. The molecule has 0 aliphatic heterocycles. The maximum Gasteiger partial charge on any atom is 0.304 e. The van der Waals surface area contributed by atoms with E-state index >= 15 is 0 Å². The molecule has 5 N–H and O–H groups in total. The molecular weight excluding hydrogens is 316 g/mol. The minimum Gasteiger partial charge on any atom is -0.481 e. The Kier molecular flexibility index (Phi) is 11.1. The molecule has 0 aliphatic rings. The van der Waals surface area contributed by atoms with Gasteiger partial charge in [-0.1, -0.05) is 17.7 Å². The van der Waals surface area contributed by atoms with Gasteiger partial charge in [0.25, 0.3) is 0 Å². The topological polar surface area (TPSA) is 85.4 Å². The lowest BCUT2D eigenvalue weighted by atomic mass is 10.00. The zero-order valence-electron chi connectivity index (χ0n) is 15.9. The average Bonchev–Trinajstić information content (AvgIpc) is 2.53. The molecule has 1 aromatic carbocycles. The lowest BCUT2D eigenvalue weighted by Crippen LogP contribution is -2.35. The van der Waals surface area contributed by atoms with Crippen molar-refractivity contribution < 1.29 is 9.90 Å². The fraction of sp³-hybridized carbons (Fsp3) is 0.632. The minimum absolute atomic E-state index is 0.177. The zero-order valence-corrected chi connectivity index (χ0v) is 15.9. The van der Waals surface area contributed by atoms with Crippen LogP contribution in [-0.2, 0) is 11.3 Å². The molecule has 0 atom stereocenters. The summed E-state index contributed by atoms with van der Waals surface area (Å²) in [6.45, 7) is 13.3. The van der Waals surface area contributed by atoms with Crippen molar-refractivity contribution in [3.05, 3.63) is 34.4 Å². The maximum atomic E-state index is 10.3. The number of nitrogens with one attached hydrogen (secondary N) is 4. The van der Waals surface area contributed by atoms with Crippen molar-refractivity contribution in [2.75, 3.05) is 45.8 Å². The Balaban J connectivity index is 1.93. The van der Waals surface area contributed by atoms with Crippen LogP contribution in [0.3, 0.4) is 0 Å². The number of carbonyl (C=O) groups is 1. The lowest BCUT2D eigenvalue weighted by molar-refractivity contribution is -0.136. The first-order chi connectivity index (χ1) is 12.0. The van der Waals surface area contributed by atoms with Crippen molar-refractivity contribution in [2.24, 2.45) is 0 Å².